The number of hydrogen-bond donors (Lipinski definition) is 1. The first-order valence-corrected chi connectivity index (χ1v) is 9.46. The number of rotatable bonds is 5. The van der Waals surface area contributed by atoms with Crippen molar-refractivity contribution in [2.24, 2.45) is 11.7 Å². The lowest BCUT2D eigenvalue weighted by molar-refractivity contribution is -0.139. The van der Waals surface area contributed by atoms with E-state index in [1.165, 1.54) is 12.8 Å². The van der Waals surface area contributed by atoms with Crippen LogP contribution in [0.3, 0.4) is 0 Å². The number of likely N-dealkylation sites (tertiary alicyclic amines) is 1. The SMILES string of the molecule is C[C@@H]1CC[C@@H](C)N1CCN1CCN(C(=O)[C@@](C)(N)C2CC2)CC1. The number of carbonyl (C=O) groups is 1. The van der Waals surface area contributed by atoms with Crippen molar-refractivity contribution >= 4 is 5.91 Å². The fourth-order valence-electron chi connectivity index (χ4n) is 4.32. The standard InChI is InChI=1S/C18H34N4O/c1-14-4-5-15(2)22(14)13-10-20-8-11-21(12-9-20)17(23)18(3,19)16-6-7-16/h14-16H,4-13,19H2,1-3H3/t14-,15-,18+/m1/s1. The third kappa shape index (κ3) is 3.72. The van der Waals surface area contributed by atoms with Crippen LogP contribution >= 0.6 is 0 Å². The first kappa shape index (κ1) is 17.2. The van der Waals surface area contributed by atoms with Crippen LogP contribution in [0.25, 0.3) is 0 Å². The Morgan fingerprint density at radius 3 is 2.09 bits per heavy atom. The van der Waals surface area contributed by atoms with Crippen LogP contribution in [-0.2, 0) is 4.79 Å². The summed E-state index contributed by atoms with van der Waals surface area (Å²) in [5, 5.41) is 0. The normalized spacial score (nSPS) is 33.0. The summed E-state index contributed by atoms with van der Waals surface area (Å²) in [7, 11) is 0. The average Bonchev–Trinajstić information content (AvgIpc) is 3.34. The topological polar surface area (TPSA) is 52.8 Å². The van der Waals surface area contributed by atoms with E-state index in [9.17, 15) is 4.79 Å². The second-order valence-corrected chi connectivity index (χ2v) is 8.20. The molecule has 0 radical (unpaired) electrons. The van der Waals surface area contributed by atoms with Crippen molar-refractivity contribution in [3.05, 3.63) is 0 Å². The Hall–Kier alpha value is -0.650. The molecule has 0 aromatic carbocycles. The van der Waals surface area contributed by atoms with E-state index in [-0.39, 0.29) is 5.91 Å². The van der Waals surface area contributed by atoms with Gasteiger partial charge in [0.05, 0.1) is 5.54 Å². The first-order chi connectivity index (χ1) is 10.9. The van der Waals surface area contributed by atoms with Gasteiger partial charge in [0, 0.05) is 51.4 Å². The maximum absolute atomic E-state index is 12.6. The molecule has 5 heteroatoms. The third-order valence-corrected chi connectivity index (χ3v) is 6.35. The number of amides is 1. The smallest absolute Gasteiger partial charge is 0.242 e. The minimum absolute atomic E-state index is 0.168. The summed E-state index contributed by atoms with van der Waals surface area (Å²) >= 11 is 0. The quantitative estimate of drug-likeness (QED) is 0.824. The van der Waals surface area contributed by atoms with Crippen molar-refractivity contribution in [2.75, 3.05) is 39.3 Å². The maximum Gasteiger partial charge on any atom is 0.242 e. The van der Waals surface area contributed by atoms with E-state index in [2.05, 4.69) is 23.6 Å². The summed E-state index contributed by atoms with van der Waals surface area (Å²) in [4.78, 5) is 19.8. The summed E-state index contributed by atoms with van der Waals surface area (Å²) in [6.45, 7) is 12.6. The molecule has 2 N–H and O–H groups in total. The summed E-state index contributed by atoms with van der Waals surface area (Å²) in [5.74, 6) is 0.576. The molecule has 1 amide bonds. The summed E-state index contributed by atoms with van der Waals surface area (Å²) in [6.07, 6.45) is 4.90. The van der Waals surface area contributed by atoms with Crippen molar-refractivity contribution in [3.8, 4) is 0 Å². The highest BCUT2D eigenvalue weighted by molar-refractivity contribution is 5.86. The van der Waals surface area contributed by atoms with E-state index in [0.717, 1.165) is 64.2 Å². The zero-order valence-electron chi connectivity index (χ0n) is 15.1. The fourth-order valence-corrected chi connectivity index (χ4v) is 4.32. The van der Waals surface area contributed by atoms with Gasteiger partial charge in [0.25, 0.3) is 0 Å². The predicted molar refractivity (Wildman–Crippen MR) is 93.2 cm³/mol. The minimum Gasteiger partial charge on any atom is -0.339 e. The van der Waals surface area contributed by atoms with Gasteiger partial charge in [-0.1, -0.05) is 0 Å². The third-order valence-electron chi connectivity index (χ3n) is 6.35. The van der Waals surface area contributed by atoms with Gasteiger partial charge in [0.2, 0.25) is 5.91 Å². The number of piperazine rings is 1. The molecule has 3 rings (SSSR count). The highest BCUT2D eigenvalue weighted by Gasteiger charge is 2.46. The average molecular weight is 322 g/mol. The lowest BCUT2D eigenvalue weighted by Gasteiger charge is -2.39. The molecule has 0 unspecified atom stereocenters. The Morgan fingerprint density at radius 1 is 1.00 bits per heavy atom. The zero-order chi connectivity index (χ0) is 16.6. The largest absolute Gasteiger partial charge is 0.339 e. The van der Waals surface area contributed by atoms with Gasteiger partial charge < -0.3 is 10.6 Å². The summed E-state index contributed by atoms with van der Waals surface area (Å²) in [6, 6.07) is 1.45. The summed E-state index contributed by atoms with van der Waals surface area (Å²) in [5.41, 5.74) is 5.66. The number of nitrogens with zero attached hydrogens (tertiary/aromatic N) is 3. The molecule has 5 nitrogen and oxygen atoms in total. The van der Waals surface area contributed by atoms with Crippen LogP contribution in [0.1, 0.15) is 46.5 Å². The molecule has 0 spiro atoms. The molecule has 0 aromatic rings. The van der Waals surface area contributed by atoms with Gasteiger partial charge in [0.15, 0.2) is 0 Å². The van der Waals surface area contributed by atoms with Gasteiger partial charge in [-0.3, -0.25) is 14.6 Å². The van der Waals surface area contributed by atoms with Crippen LogP contribution in [-0.4, -0.2) is 77.5 Å². The second kappa shape index (κ2) is 6.69. The van der Waals surface area contributed by atoms with Crippen LogP contribution in [0.2, 0.25) is 0 Å². The van der Waals surface area contributed by atoms with Crippen molar-refractivity contribution in [1.29, 1.82) is 0 Å². The van der Waals surface area contributed by atoms with Gasteiger partial charge in [-0.2, -0.15) is 0 Å². The monoisotopic (exact) mass is 322 g/mol. The molecule has 23 heavy (non-hydrogen) atoms. The molecule has 0 aromatic heterocycles. The molecule has 3 fully saturated rings. The van der Waals surface area contributed by atoms with Gasteiger partial charge >= 0.3 is 0 Å². The maximum atomic E-state index is 12.6. The van der Waals surface area contributed by atoms with E-state index in [0.29, 0.717) is 5.92 Å². The van der Waals surface area contributed by atoms with E-state index in [4.69, 9.17) is 5.73 Å². The Kier molecular flexibility index (Phi) is 5.00. The van der Waals surface area contributed by atoms with Crippen molar-refractivity contribution in [3.63, 3.8) is 0 Å². The molecule has 2 aliphatic heterocycles. The van der Waals surface area contributed by atoms with Crippen LogP contribution in [0.15, 0.2) is 0 Å². The second-order valence-electron chi connectivity index (χ2n) is 8.20. The van der Waals surface area contributed by atoms with Crippen molar-refractivity contribution in [1.82, 2.24) is 14.7 Å². The molecule has 2 saturated heterocycles. The highest BCUT2D eigenvalue weighted by Crippen LogP contribution is 2.39. The molecule has 0 bridgehead atoms. The molecule has 1 aliphatic carbocycles. The highest BCUT2D eigenvalue weighted by atomic mass is 16.2. The van der Waals surface area contributed by atoms with Crippen LogP contribution in [0.5, 0.6) is 0 Å². The molecule has 3 aliphatic rings. The molecular formula is C18H34N4O. The van der Waals surface area contributed by atoms with Crippen LogP contribution in [0, 0.1) is 5.92 Å². The lowest BCUT2D eigenvalue weighted by Crippen LogP contribution is -2.59. The van der Waals surface area contributed by atoms with E-state index >= 15 is 0 Å². The minimum atomic E-state index is -0.636. The van der Waals surface area contributed by atoms with Gasteiger partial charge in [-0.05, 0) is 52.4 Å². The number of nitrogens with two attached hydrogens (primary N) is 1. The van der Waals surface area contributed by atoms with E-state index in [1.54, 1.807) is 0 Å². The molecular weight excluding hydrogens is 288 g/mol. The van der Waals surface area contributed by atoms with Gasteiger partial charge in [-0.25, -0.2) is 0 Å². The molecule has 1 saturated carbocycles. The van der Waals surface area contributed by atoms with Gasteiger partial charge in [0.1, 0.15) is 0 Å². The zero-order valence-corrected chi connectivity index (χ0v) is 15.1. The number of hydrogen-bond acceptors (Lipinski definition) is 4. The van der Waals surface area contributed by atoms with Crippen LogP contribution in [0.4, 0.5) is 0 Å². The molecule has 2 heterocycles. The van der Waals surface area contributed by atoms with Crippen molar-refractivity contribution < 1.29 is 4.79 Å². The molecule has 3 atom stereocenters. The van der Waals surface area contributed by atoms with Crippen LogP contribution < -0.4 is 5.73 Å². The molecule has 132 valence electrons. The number of carbonyl (C=O) groups excluding carboxylic acids is 1. The first-order valence-electron chi connectivity index (χ1n) is 9.46. The fraction of sp³-hybridized carbons (Fsp3) is 0.944. The van der Waals surface area contributed by atoms with Crippen molar-refractivity contribution in [2.45, 2.75) is 64.1 Å². The van der Waals surface area contributed by atoms with E-state index < -0.39 is 5.54 Å². The Morgan fingerprint density at radius 2 is 1.57 bits per heavy atom. The Bertz CT molecular complexity index is 417. The Labute approximate surface area is 141 Å². The Balaban J connectivity index is 1.42. The lowest BCUT2D eigenvalue weighted by atomic mass is 9.95. The van der Waals surface area contributed by atoms with Gasteiger partial charge in [-0.15, -0.1) is 0 Å². The predicted octanol–water partition coefficient (Wildman–Crippen LogP) is 1.13. The summed E-state index contributed by atoms with van der Waals surface area (Å²) < 4.78 is 0. The van der Waals surface area contributed by atoms with E-state index in [1.807, 2.05) is 11.8 Å².